The lowest BCUT2D eigenvalue weighted by Crippen LogP contribution is -2.29. The summed E-state index contributed by atoms with van der Waals surface area (Å²) in [7, 11) is 1.70. The number of rotatable bonds is 6. The van der Waals surface area contributed by atoms with Gasteiger partial charge in [0.2, 0.25) is 5.95 Å². The Morgan fingerprint density at radius 2 is 2.06 bits per heavy atom. The molecule has 3 heterocycles. The smallest absolute Gasteiger partial charge is 0.253 e. The molecule has 160 valence electrons. The van der Waals surface area contributed by atoms with E-state index in [0.717, 1.165) is 47.8 Å². The molecule has 1 saturated carbocycles. The molecule has 0 atom stereocenters. The highest BCUT2D eigenvalue weighted by atomic mass is 32.1. The van der Waals surface area contributed by atoms with Gasteiger partial charge in [-0.3, -0.25) is 4.79 Å². The van der Waals surface area contributed by atoms with Crippen molar-refractivity contribution in [1.29, 1.82) is 0 Å². The van der Waals surface area contributed by atoms with E-state index in [1.165, 1.54) is 10.5 Å². The first-order valence-electron chi connectivity index (χ1n) is 10.6. The van der Waals surface area contributed by atoms with Gasteiger partial charge in [-0.05, 0) is 37.0 Å². The molecule has 2 aliphatic rings. The van der Waals surface area contributed by atoms with Gasteiger partial charge in [-0.1, -0.05) is 13.0 Å². The molecule has 7 nitrogen and oxygen atoms in total. The van der Waals surface area contributed by atoms with Gasteiger partial charge in [0.1, 0.15) is 0 Å². The van der Waals surface area contributed by atoms with Gasteiger partial charge in [-0.15, -0.1) is 11.3 Å². The number of hydrogen-bond acceptors (Lipinski definition) is 7. The van der Waals surface area contributed by atoms with Crippen LogP contribution in [0.15, 0.2) is 36.0 Å². The second-order valence-corrected chi connectivity index (χ2v) is 9.24. The Kier molecular flexibility index (Phi) is 4.98. The van der Waals surface area contributed by atoms with Crippen LogP contribution in [0.3, 0.4) is 0 Å². The molecule has 0 unspecified atom stereocenters. The van der Waals surface area contributed by atoms with E-state index < -0.39 is 0 Å². The highest BCUT2D eigenvalue weighted by Gasteiger charge is 2.52. The Balaban J connectivity index is 1.46. The minimum atomic E-state index is -0.0972. The maximum atomic E-state index is 12.7. The summed E-state index contributed by atoms with van der Waals surface area (Å²) >= 11 is 1.65. The van der Waals surface area contributed by atoms with E-state index in [-0.39, 0.29) is 17.9 Å². The minimum absolute atomic E-state index is 0.0542. The number of benzene rings is 1. The Morgan fingerprint density at radius 1 is 1.29 bits per heavy atom. The van der Waals surface area contributed by atoms with Gasteiger partial charge in [0, 0.05) is 60.1 Å². The van der Waals surface area contributed by atoms with Crippen molar-refractivity contribution in [2.45, 2.75) is 31.6 Å². The highest BCUT2D eigenvalue weighted by Crippen LogP contribution is 2.57. The number of anilines is 2. The Bertz CT molecular complexity index is 1120. The molecular formula is C23H25N5O2S. The number of aryl methyl sites for hydroxylation is 1. The van der Waals surface area contributed by atoms with Crippen molar-refractivity contribution >= 4 is 28.9 Å². The molecule has 1 aliphatic heterocycles. The summed E-state index contributed by atoms with van der Waals surface area (Å²) in [6, 6.07) is 5.93. The quantitative estimate of drug-likeness (QED) is 0.639. The first-order chi connectivity index (χ1) is 15.0. The lowest BCUT2D eigenvalue weighted by Gasteiger charge is -2.19. The van der Waals surface area contributed by atoms with Crippen molar-refractivity contribution in [2.24, 2.45) is 0 Å². The lowest BCUT2D eigenvalue weighted by molar-refractivity contribution is 0.0767. The van der Waals surface area contributed by atoms with E-state index in [0.29, 0.717) is 18.1 Å². The standard InChI is InChI=1S/C23H25N5O2S/c1-3-20-26-18(13-31-20)16-11-24-22(25-12-16)28-14-23(6-7-23)17-5-4-15(10-19(17)28)21(30)27(2)8-9-29/h4-5,10-13,29H,3,6-9,14H2,1-2H3. The van der Waals surface area contributed by atoms with Crippen molar-refractivity contribution in [1.82, 2.24) is 19.9 Å². The van der Waals surface area contributed by atoms with Crippen LogP contribution in [0.5, 0.6) is 0 Å². The number of amides is 1. The van der Waals surface area contributed by atoms with Gasteiger partial charge in [0.25, 0.3) is 5.91 Å². The molecular weight excluding hydrogens is 410 g/mol. The third-order valence-corrected chi connectivity index (χ3v) is 7.23. The minimum Gasteiger partial charge on any atom is -0.395 e. The summed E-state index contributed by atoms with van der Waals surface area (Å²) in [5, 5.41) is 12.3. The van der Waals surface area contributed by atoms with Crippen molar-refractivity contribution in [3.05, 3.63) is 52.1 Å². The summed E-state index contributed by atoms with van der Waals surface area (Å²) < 4.78 is 0. The molecule has 1 N–H and O–H groups in total. The van der Waals surface area contributed by atoms with Crippen LogP contribution >= 0.6 is 11.3 Å². The zero-order chi connectivity index (χ0) is 21.6. The SMILES string of the molecule is CCc1nc(-c2cnc(N3CC4(CC4)c4ccc(C(=O)N(C)CCO)cc43)nc2)cs1. The second-order valence-electron chi connectivity index (χ2n) is 8.30. The first-order valence-corrected chi connectivity index (χ1v) is 11.5. The van der Waals surface area contributed by atoms with E-state index in [4.69, 9.17) is 5.11 Å². The predicted octanol–water partition coefficient (Wildman–Crippen LogP) is 3.41. The normalized spacial score (nSPS) is 15.9. The molecule has 2 aromatic heterocycles. The van der Waals surface area contributed by atoms with Crippen LogP contribution in [0.25, 0.3) is 11.3 Å². The largest absolute Gasteiger partial charge is 0.395 e. The summed E-state index contributed by atoms with van der Waals surface area (Å²) in [6.07, 6.45) is 6.87. The molecule has 31 heavy (non-hydrogen) atoms. The van der Waals surface area contributed by atoms with Gasteiger partial charge >= 0.3 is 0 Å². The zero-order valence-corrected chi connectivity index (χ0v) is 18.5. The van der Waals surface area contributed by atoms with Crippen molar-refractivity contribution in [3.63, 3.8) is 0 Å². The van der Waals surface area contributed by atoms with Crippen molar-refractivity contribution in [2.75, 3.05) is 31.6 Å². The zero-order valence-electron chi connectivity index (χ0n) is 17.7. The van der Waals surface area contributed by atoms with Crippen LogP contribution in [-0.4, -0.2) is 57.6 Å². The average Bonchev–Trinajstić information content (AvgIpc) is 3.28. The number of hydrogen-bond donors (Lipinski definition) is 1. The second kappa shape index (κ2) is 7.69. The van der Waals surface area contributed by atoms with E-state index >= 15 is 0 Å². The van der Waals surface area contributed by atoms with Gasteiger partial charge in [0.05, 0.1) is 17.3 Å². The van der Waals surface area contributed by atoms with Crippen molar-refractivity contribution in [3.8, 4) is 11.3 Å². The fourth-order valence-electron chi connectivity index (χ4n) is 4.24. The molecule has 0 bridgehead atoms. The van der Waals surface area contributed by atoms with Crippen LogP contribution < -0.4 is 4.90 Å². The molecule has 1 fully saturated rings. The number of nitrogens with zero attached hydrogens (tertiary/aromatic N) is 5. The molecule has 1 spiro atoms. The molecule has 1 amide bonds. The summed E-state index contributed by atoms with van der Waals surface area (Å²) in [4.78, 5) is 30.3. The molecule has 1 aromatic carbocycles. The number of carbonyl (C=O) groups excluding carboxylic acids is 1. The van der Waals surface area contributed by atoms with Crippen LogP contribution in [0.2, 0.25) is 0 Å². The van der Waals surface area contributed by atoms with E-state index in [1.54, 1.807) is 18.4 Å². The molecule has 3 aromatic rings. The Morgan fingerprint density at radius 3 is 2.71 bits per heavy atom. The average molecular weight is 436 g/mol. The number of fused-ring (bicyclic) bond motifs is 2. The van der Waals surface area contributed by atoms with E-state index in [2.05, 4.69) is 32.8 Å². The number of likely N-dealkylation sites (N-methyl/N-ethyl adjacent to an activating group) is 1. The van der Waals surface area contributed by atoms with Crippen molar-refractivity contribution < 1.29 is 9.90 Å². The Labute approximate surface area is 185 Å². The van der Waals surface area contributed by atoms with E-state index in [9.17, 15) is 4.79 Å². The van der Waals surface area contributed by atoms with Crippen LogP contribution in [0.1, 0.15) is 40.7 Å². The topological polar surface area (TPSA) is 82.5 Å². The molecule has 1 aliphatic carbocycles. The first kappa shape index (κ1) is 20.1. The van der Waals surface area contributed by atoms with Crippen LogP contribution in [0.4, 0.5) is 11.6 Å². The van der Waals surface area contributed by atoms with Crippen LogP contribution in [-0.2, 0) is 11.8 Å². The monoisotopic (exact) mass is 435 g/mol. The van der Waals surface area contributed by atoms with Crippen LogP contribution in [0, 0.1) is 0 Å². The third-order valence-electron chi connectivity index (χ3n) is 6.23. The lowest BCUT2D eigenvalue weighted by atomic mass is 9.97. The number of carbonyl (C=O) groups is 1. The number of aliphatic hydroxyl groups excluding tert-OH is 1. The molecule has 0 radical (unpaired) electrons. The molecule has 8 heteroatoms. The fourth-order valence-corrected chi connectivity index (χ4v) is 4.99. The summed E-state index contributed by atoms with van der Waals surface area (Å²) in [6.45, 7) is 3.19. The van der Waals surface area contributed by atoms with Gasteiger partial charge in [0.15, 0.2) is 0 Å². The highest BCUT2D eigenvalue weighted by molar-refractivity contribution is 7.09. The third kappa shape index (κ3) is 3.49. The fraction of sp³-hybridized carbons (Fsp3) is 0.391. The summed E-state index contributed by atoms with van der Waals surface area (Å²) in [5.74, 6) is 0.549. The van der Waals surface area contributed by atoms with Gasteiger partial charge in [-0.2, -0.15) is 0 Å². The molecule has 0 saturated heterocycles. The predicted molar refractivity (Wildman–Crippen MR) is 121 cm³/mol. The maximum Gasteiger partial charge on any atom is 0.253 e. The van der Waals surface area contributed by atoms with Gasteiger partial charge < -0.3 is 14.9 Å². The Hall–Kier alpha value is -2.84. The maximum absolute atomic E-state index is 12.7. The van der Waals surface area contributed by atoms with Gasteiger partial charge in [-0.25, -0.2) is 15.0 Å². The number of aliphatic hydroxyl groups is 1. The molecule has 5 rings (SSSR count). The number of aromatic nitrogens is 3. The summed E-state index contributed by atoms with van der Waals surface area (Å²) in [5.41, 5.74) is 4.87. The van der Waals surface area contributed by atoms with E-state index in [1.807, 2.05) is 29.9 Å². The number of thiazole rings is 1.